The summed E-state index contributed by atoms with van der Waals surface area (Å²) in [5, 5.41) is 13.7. The van der Waals surface area contributed by atoms with Gasteiger partial charge in [0.25, 0.3) is 0 Å². The third-order valence-electron chi connectivity index (χ3n) is 7.06. The Balaban J connectivity index is 0.00000188. The van der Waals surface area contributed by atoms with E-state index in [2.05, 4.69) is 20.8 Å². The summed E-state index contributed by atoms with van der Waals surface area (Å²) in [5.41, 5.74) is 6.60. The number of rotatable bonds is 11. The number of ether oxygens (including phenoxy) is 2. The fourth-order valence-electron chi connectivity index (χ4n) is 4.82. The Morgan fingerprint density at radius 3 is 2.68 bits per heavy atom. The van der Waals surface area contributed by atoms with Gasteiger partial charge in [-0.2, -0.15) is 5.10 Å². The molecule has 2 aromatic carbocycles. The van der Waals surface area contributed by atoms with E-state index < -0.39 is 17.6 Å². The number of aromatic nitrogens is 5. The summed E-state index contributed by atoms with van der Waals surface area (Å²) in [5.74, 6) is -1.69. The smallest absolute Gasteiger partial charge is 0.335 e. The van der Waals surface area contributed by atoms with E-state index in [1.165, 1.54) is 23.9 Å². The van der Waals surface area contributed by atoms with E-state index in [9.17, 15) is 14.7 Å². The van der Waals surface area contributed by atoms with Crippen LogP contribution in [0.2, 0.25) is 0 Å². The highest BCUT2D eigenvalue weighted by atomic mass is 19.1. The number of nitrogens with two attached hydrogens (primary N) is 1. The molecule has 1 atom stereocenters. The van der Waals surface area contributed by atoms with Crippen molar-refractivity contribution in [1.29, 1.82) is 0 Å². The topological polar surface area (TPSA) is 147 Å². The van der Waals surface area contributed by atoms with Crippen LogP contribution in [0.4, 0.5) is 8.78 Å². The molecule has 44 heavy (non-hydrogen) atoms. The second kappa shape index (κ2) is 13.5. The number of fused-ring (bicyclic) bond motifs is 1. The third-order valence-corrected chi connectivity index (χ3v) is 7.06. The summed E-state index contributed by atoms with van der Waals surface area (Å²) in [6, 6.07) is 13.3. The Morgan fingerprint density at radius 2 is 1.95 bits per heavy atom. The summed E-state index contributed by atoms with van der Waals surface area (Å²) >= 11 is 0. The number of benzene rings is 2. The standard InChI is InChI=1S/C30H25F2N5O5.CH5N/c31-23-15-22(25-2-1-3-29(34-25)42-17-20-6-8-36(35-20)9-10-38)24(32)12-19(23)14-28-33-26-5-4-18(30(39)40)13-27(26)37(28)16-21-7-11-41-21;1-2/h1-6,8,10,12-13,15,21H,7,9,11,14,16-17H2,(H,39,40);2H2,1H3. The second-order valence-corrected chi connectivity index (χ2v) is 9.87. The lowest BCUT2D eigenvalue weighted by molar-refractivity contribution is -0.108. The molecule has 13 heteroatoms. The van der Waals surface area contributed by atoms with Gasteiger partial charge in [-0.1, -0.05) is 6.07 Å². The number of halogens is 2. The van der Waals surface area contributed by atoms with Crippen molar-refractivity contribution >= 4 is 23.3 Å². The van der Waals surface area contributed by atoms with Crippen molar-refractivity contribution < 1.29 is 33.0 Å². The summed E-state index contributed by atoms with van der Waals surface area (Å²) in [4.78, 5) is 31.1. The second-order valence-electron chi connectivity index (χ2n) is 9.87. The van der Waals surface area contributed by atoms with Gasteiger partial charge >= 0.3 is 5.97 Å². The zero-order valence-corrected chi connectivity index (χ0v) is 23.8. The lowest BCUT2D eigenvalue weighted by atomic mass is 10.0. The van der Waals surface area contributed by atoms with Crippen LogP contribution in [-0.4, -0.2) is 61.4 Å². The lowest BCUT2D eigenvalue weighted by Crippen LogP contribution is -2.31. The van der Waals surface area contributed by atoms with Crippen molar-refractivity contribution in [3.05, 3.63) is 95.1 Å². The van der Waals surface area contributed by atoms with Crippen molar-refractivity contribution in [1.82, 2.24) is 24.3 Å². The molecule has 0 bridgehead atoms. The first-order chi connectivity index (χ1) is 21.4. The predicted octanol–water partition coefficient (Wildman–Crippen LogP) is 4.00. The molecule has 1 fully saturated rings. The lowest BCUT2D eigenvalue weighted by Gasteiger charge is -2.27. The van der Waals surface area contributed by atoms with Gasteiger partial charge in [0.15, 0.2) is 0 Å². The minimum Gasteiger partial charge on any atom is -0.478 e. The largest absolute Gasteiger partial charge is 0.478 e. The van der Waals surface area contributed by atoms with E-state index in [1.807, 2.05) is 4.57 Å². The molecule has 1 saturated heterocycles. The molecule has 0 spiro atoms. The van der Waals surface area contributed by atoms with Crippen molar-refractivity contribution in [2.75, 3.05) is 13.7 Å². The molecule has 3 N–H and O–H groups in total. The maximum atomic E-state index is 15.4. The van der Waals surface area contributed by atoms with Crippen molar-refractivity contribution in [3.8, 4) is 17.1 Å². The number of nitrogens with zero attached hydrogens (tertiary/aromatic N) is 5. The van der Waals surface area contributed by atoms with Crippen LogP contribution in [0.3, 0.4) is 0 Å². The molecule has 0 radical (unpaired) electrons. The van der Waals surface area contributed by atoms with Gasteiger partial charge in [0.05, 0.1) is 47.2 Å². The summed E-state index contributed by atoms with van der Waals surface area (Å²) in [6.45, 7) is 1.28. The molecule has 11 nitrogen and oxygen atoms in total. The zero-order valence-electron chi connectivity index (χ0n) is 23.8. The SMILES string of the molecule is CN.O=CCn1ccc(COc2cccc(-c3cc(F)c(Cc4nc5ccc(C(=O)O)cc5n4CC4CCO4)cc3F)n2)n1. The number of hydrogen-bond acceptors (Lipinski definition) is 8. The number of carboxylic acid groups (broad SMARTS) is 1. The summed E-state index contributed by atoms with van der Waals surface area (Å²) < 4.78 is 45.4. The molecule has 0 saturated carbocycles. The third kappa shape index (κ3) is 6.63. The number of carbonyl (C=O) groups excluding carboxylic acids is 1. The number of carboxylic acids is 1. The average Bonchev–Trinajstić information content (AvgIpc) is 3.60. The predicted molar refractivity (Wildman–Crippen MR) is 156 cm³/mol. The monoisotopic (exact) mass is 604 g/mol. The van der Waals surface area contributed by atoms with E-state index in [1.54, 1.807) is 36.5 Å². The Hall–Kier alpha value is -5.01. The van der Waals surface area contributed by atoms with Gasteiger partial charge in [-0.05, 0) is 61.5 Å². The Bertz CT molecular complexity index is 1800. The maximum Gasteiger partial charge on any atom is 0.335 e. The van der Waals surface area contributed by atoms with Crippen LogP contribution >= 0.6 is 0 Å². The van der Waals surface area contributed by atoms with E-state index in [4.69, 9.17) is 9.47 Å². The molecule has 1 aliphatic rings. The molecule has 228 valence electrons. The summed E-state index contributed by atoms with van der Waals surface area (Å²) in [7, 11) is 1.50. The molecule has 5 aromatic rings. The van der Waals surface area contributed by atoms with Crippen LogP contribution in [0.15, 0.2) is 60.8 Å². The number of imidazole rings is 1. The summed E-state index contributed by atoms with van der Waals surface area (Å²) in [6.07, 6.45) is 3.15. The normalized spacial score (nSPS) is 14.0. The van der Waals surface area contributed by atoms with Crippen LogP contribution in [0.5, 0.6) is 5.88 Å². The average molecular weight is 605 g/mol. The first-order valence-electron chi connectivity index (χ1n) is 13.8. The molecular formula is C31H30F2N6O5. The van der Waals surface area contributed by atoms with Crippen molar-refractivity contribution in [3.63, 3.8) is 0 Å². The molecule has 4 heterocycles. The molecule has 3 aromatic heterocycles. The minimum absolute atomic E-state index is 0.0137. The molecule has 1 unspecified atom stereocenters. The fourth-order valence-corrected chi connectivity index (χ4v) is 4.82. The highest BCUT2D eigenvalue weighted by molar-refractivity contribution is 5.92. The van der Waals surface area contributed by atoms with Crippen LogP contribution in [0.25, 0.3) is 22.3 Å². The number of carbonyl (C=O) groups is 2. The first-order valence-corrected chi connectivity index (χ1v) is 13.8. The van der Waals surface area contributed by atoms with Gasteiger partial charge in [-0.3, -0.25) is 4.68 Å². The van der Waals surface area contributed by atoms with Crippen molar-refractivity contribution in [2.45, 2.75) is 38.6 Å². The molecule has 0 amide bonds. The van der Waals surface area contributed by atoms with Gasteiger partial charge < -0.3 is 29.7 Å². The number of aromatic carboxylic acids is 1. The van der Waals surface area contributed by atoms with Gasteiger partial charge in [0.2, 0.25) is 5.88 Å². The molecule has 6 rings (SSSR count). The van der Waals surface area contributed by atoms with Crippen LogP contribution in [0.1, 0.15) is 33.9 Å². The van der Waals surface area contributed by atoms with Crippen LogP contribution in [0, 0.1) is 11.6 Å². The number of hydrogen-bond donors (Lipinski definition) is 2. The zero-order chi connectivity index (χ0) is 31.2. The number of aldehydes is 1. The van der Waals surface area contributed by atoms with Gasteiger partial charge in [0, 0.05) is 30.9 Å². The van der Waals surface area contributed by atoms with Gasteiger partial charge in [-0.25, -0.2) is 23.5 Å². The van der Waals surface area contributed by atoms with E-state index in [-0.39, 0.29) is 53.9 Å². The minimum atomic E-state index is -1.07. The fraction of sp³-hybridized carbons (Fsp3) is 0.258. The molecule has 1 aliphatic heterocycles. The van der Waals surface area contributed by atoms with E-state index >= 15 is 8.78 Å². The highest BCUT2D eigenvalue weighted by Crippen LogP contribution is 2.29. The Kier molecular flexibility index (Phi) is 9.36. The Morgan fingerprint density at radius 1 is 1.14 bits per heavy atom. The molecule has 0 aliphatic carbocycles. The van der Waals surface area contributed by atoms with Crippen LogP contribution < -0.4 is 10.5 Å². The van der Waals surface area contributed by atoms with Gasteiger partial charge in [-0.15, -0.1) is 0 Å². The van der Waals surface area contributed by atoms with Crippen molar-refractivity contribution in [2.24, 2.45) is 5.73 Å². The van der Waals surface area contributed by atoms with Gasteiger partial charge in [0.1, 0.15) is 30.4 Å². The first kappa shape index (κ1) is 30.4. The Labute approximate surface area is 250 Å². The van der Waals surface area contributed by atoms with E-state index in [0.717, 1.165) is 24.8 Å². The number of pyridine rings is 1. The van der Waals surface area contributed by atoms with E-state index in [0.29, 0.717) is 35.7 Å². The highest BCUT2D eigenvalue weighted by Gasteiger charge is 2.23. The quantitative estimate of drug-likeness (QED) is 0.214. The maximum absolute atomic E-state index is 15.4. The van der Waals surface area contributed by atoms with Crippen LogP contribution in [-0.2, 0) is 35.6 Å². The molecular weight excluding hydrogens is 574 g/mol.